The number of allylic oxidation sites excluding steroid dienone is 4. The third-order valence-corrected chi connectivity index (χ3v) is 8.94. The summed E-state index contributed by atoms with van der Waals surface area (Å²) >= 11 is 0. The Labute approximate surface area is 203 Å². The van der Waals surface area contributed by atoms with Crippen LogP contribution in [0.2, 0.25) is 0 Å². The Kier molecular flexibility index (Phi) is 6.79. The largest absolute Gasteiger partial charge is 0.470 e. The van der Waals surface area contributed by atoms with Crippen molar-refractivity contribution in [1.29, 1.82) is 0 Å². The Morgan fingerprint density at radius 1 is 1.29 bits per heavy atom. The molecule has 10 heteroatoms. The standard InChI is InChI=1S/C21H29O8P.Na/c1-19-7-5-13(22)9-12(19)3-4-14-15-6-8-21(25,17(24)11-29-30(26,27)28)20(15,2)10-16(23)18(14)19;/h5,7,9,14-16,18,23,25H,3-4,6,8,10-11H2,1-2H3,(H2,26,27,28);/t14-,15-,16-,18+,19-,20-,21-;/m0./s1. The molecule has 0 saturated heterocycles. The third-order valence-electron chi connectivity index (χ3n) is 8.47. The van der Waals surface area contributed by atoms with E-state index in [0.717, 1.165) is 18.4 Å². The average molecular weight is 463 g/mol. The number of Topliss-reactive ketones (excluding diaryl/α,β-unsaturated/α-hetero) is 1. The number of fused-ring (bicyclic) bond motifs is 5. The monoisotopic (exact) mass is 463 g/mol. The summed E-state index contributed by atoms with van der Waals surface area (Å²) in [5, 5.41) is 22.6. The molecule has 0 spiro atoms. The number of phosphoric ester groups is 1. The average Bonchev–Trinajstić information content (AvgIpc) is 2.91. The van der Waals surface area contributed by atoms with Gasteiger partial charge in [-0.1, -0.05) is 25.5 Å². The Bertz CT molecular complexity index is 896. The van der Waals surface area contributed by atoms with E-state index in [1.807, 2.05) is 13.0 Å². The van der Waals surface area contributed by atoms with E-state index in [4.69, 9.17) is 9.79 Å². The van der Waals surface area contributed by atoms with E-state index >= 15 is 0 Å². The summed E-state index contributed by atoms with van der Waals surface area (Å²) in [5.41, 5.74) is -2.15. The Morgan fingerprint density at radius 2 is 1.97 bits per heavy atom. The molecule has 4 aliphatic rings. The van der Waals surface area contributed by atoms with Gasteiger partial charge in [-0.3, -0.25) is 14.1 Å². The molecule has 4 rings (SSSR count). The quantitative estimate of drug-likeness (QED) is 0.361. The number of hydrogen-bond donors (Lipinski definition) is 4. The Morgan fingerprint density at radius 3 is 2.61 bits per heavy atom. The summed E-state index contributed by atoms with van der Waals surface area (Å²) in [6.45, 7) is 2.97. The molecule has 0 aromatic heterocycles. The summed E-state index contributed by atoms with van der Waals surface area (Å²) in [4.78, 5) is 42.5. The first-order chi connectivity index (χ1) is 13.8. The van der Waals surface area contributed by atoms with Gasteiger partial charge in [-0.2, -0.15) is 0 Å². The third kappa shape index (κ3) is 3.92. The first-order valence-electron chi connectivity index (χ1n) is 10.4. The van der Waals surface area contributed by atoms with Gasteiger partial charge in [0.25, 0.3) is 0 Å². The molecule has 8 nitrogen and oxygen atoms in total. The topological polar surface area (TPSA) is 141 Å². The fraction of sp³-hybridized carbons (Fsp3) is 0.714. The molecule has 167 valence electrons. The Balaban J connectivity index is 0.00000272. The van der Waals surface area contributed by atoms with Crippen LogP contribution in [0.3, 0.4) is 0 Å². The summed E-state index contributed by atoms with van der Waals surface area (Å²) < 4.78 is 15.4. The van der Waals surface area contributed by atoms with Crippen LogP contribution in [0.15, 0.2) is 23.8 Å². The van der Waals surface area contributed by atoms with E-state index < -0.39 is 42.7 Å². The van der Waals surface area contributed by atoms with Crippen LogP contribution in [-0.4, -0.2) is 79.4 Å². The molecular formula is C21H29NaO8P. The second kappa shape index (κ2) is 8.26. The van der Waals surface area contributed by atoms with Crippen molar-refractivity contribution >= 4 is 48.9 Å². The van der Waals surface area contributed by atoms with Crippen molar-refractivity contribution in [2.45, 2.75) is 57.7 Å². The van der Waals surface area contributed by atoms with E-state index in [2.05, 4.69) is 4.52 Å². The number of rotatable bonds is 4. The summed E-state index contributed by atoms with van der Waals surface area (Å²) in [6.07, 6.45) is 6.76. The van der Waals surface area contributed by atoms with Crippen molar-refractivity contribution < 1.29 is 38.7 Å². The van der Waals surface area contributed by atoms with E-state index in [-0.39, 0.29) is 65.9 Å². The minimum atomic E-state index is -4.84. The van der Waals surface area contributed by atoms with Gasteiger partial charge in [0.2, 0.25) is 0 Å². The maximum absolute atomic E-state index is 12.8. The molecule has 0 amide bonds. The molecular weight excluding hydrogens is 434 g/mol. The second-order valence-electron chi connectivity index (χ2n) is 9.80. The molecule has 1 radical (unpaired) electrons. The number of hydrogen-bond acceptors (Lipinski definition) is 6. The number of aliphatic hydroxyl groups is 2. The van der Waals surface area contributed by atoms with Crippen molar-refractivity contribution in [2.24, 2.45) is 28.6 Å². The molecule has 0 unspecified atom stereocenters. The van der Waals surface area contributed by atoms with Gasteiger partial charge in [-0.05, 0) is 56.1 Å². The zero-order valence-electron chi connectivity index (χ0n) is 18.2. The minimum Gasteiger partial charge on any atom is -0.393 e. The van der Waals surface area contributed by atoms with Crippen LogP contribution in [0.25, 0.3) is 0 Å². The number of ketones is 2. The predicted molar refractivity (Wildman–Crippen MR) is 112 cm³/mol. The molecule has 0 aliphatic heterocycles. The smallest absolute Gasteiger partial charge is 0.393 e. The van der Waals surface area contributed by atoms with Gasteiger partial charge in [-0.15, -0.1) is 0 Å². The number of carbonyl (C=O) groups is 2. The number of aliphatic hydroxyl groups excluding tert-OH is 1. The second-order valence-corrected chi connectivity index (χ2v) is 11.0. The molecule has 0 heterocycles. The first kappa shape index (κ1) is 25.5. The van der Waals surface area contributed by atoms with Crippen LogP contribution in [0.1, 0.15) is 46.0 Å². The molecule has 0 bridgehead atoms. The number of phosphoric acid groups is 1. The van der Waals surface area contributed by atoms with Crippen molar-refractivity contribution in [3.63, 3.8) is 0 Å². The molecule has 4 N–H and O–H groups in total. The molecule has 3 saturated carbocycles. The van der Waals surface area contributed by atoms with Crippen LogP contribution < -0.4 is 0 Å². The van der Waals surface area contributed by atoms with Crippen LogP contribution in [0, 0.1) is 28.6 Å². The van der Waals surface area contributed by atoms with Gasteiger partial charge in [0.15, 0.2) is 11.6 Å². The van der Waals surface area contributed by atoms with Gasteiger partial charge < -0.3 is 20.0 Å². The number of carbonyl (C=O) groups excluding carboxylic acids is 2. The van der Waals surface area contributed by atoms with E-state index in [1.165, 1.54) is 0 Å². The predicted octanol–water partition coefficient (Wildman–Crippen LogP) is 1.29. The zero-order valence-corrected chi connectivity index (χ0v) is 21.0. The summed E-state index contributed by atoms with van der Waals surface area (Å²) in [6, 6.07) is 0. The maximum Gasteiger partial charge on any atom is 0.470 e. The van der Waals surface area contributed by atoms with Crippen molar-refractivity contribution in [3.8, 4) is 0 Å². The molecule has 3 fully saturated rings. The summed E-state index contributed by atoms with van der Waals surface area (Å²) in [5.74, 6) is -0.888. The van der Waals surface area contributed by atoms with Crippen molar-refractivity contribution in [1.82, 2.24) is 0 Å². The Hall–Kier alpha value is -0.150. The van der Waals surface area contributed by atoms with Crippen molar-refractivity contribution in [2.75, 3.05) is 6.61 Å². The SMILES string of the molecule is C[C@]12C=CC(=O)C=C1CC[C@@H]1[C@@H]2[C@@H](O)C[C@@]2(C)[C@H]1CC[C@]2(O)C(=O)COP(=O)(O)O.[Na]. The van der Waals surface area contributed by atoms with Crippen LogP contribution in [-0.2, 0) is 18.7 Å². The zero-order chi connectivity index (χ0) is 22.1. The molecule has 4 aliphatic carbocycles. The molecule has 7 atom stereocenters. The van der Waals surface area contributed by atoms with E-state index in [9.17, 15) is 24.4 Å². The van der Waals surface area contributed by atoms with Crippen LogP contribution in [0.4, 0.5) is 0 Å². The molecule has 31 heavy (non-hydrogen) atoms. The van der Waals surface area contributed by atoms with Crippen LogP contribution in [0.5, 0.6) is 0 Å². The molecule has 0 aromatic carbocycles. The fourth-order valence-electron chi connectivity index (χ4n) is 7.05. The normalized spacial score (nSPS) is 43.9. The maximum atomic E-state index is 12.8. The minimum absolute atomic E-state index is 0. The van der Waals surface area contributed by atoms with Crippen LogP contribution >= 0.6 is 7.82 Å². The van der Waals surface area contributed by atoms with Crippen molar-refractivity contribution in [3.05, 3.63) is 23.8 Å². The fourth-order valence-corrected chi connectivity index (χ4v) is 7.34. The molecule has 0 aromatic rings. The van der Waals surface area contributed by atoms with Gasteiger partial charge in [0, 0.05) is 46.3 Å². The first-order valence-corrected chi connectivity index (χ1v) is 11.9. The van der Waals surface area contributed by atoms with Gasteiger partial charge in [-0.25, -0.2) is 4.57 Å². The van der Waals surface area contributed by atoms with Gasteiger partial charge in [0.1, 0.15) is 12.2 Å². The van der Waals surface area contributed by atoms with E-state index in [1.54, 1.807) is 19.1 Å². The van der Waals surface area contributed by atoms with Gasteiger partial charge >= 0.3 is 7.82 Å². The van der Waals surface area contributed by atoms with E-state index in [0.29, 0.717) is 6.42 Å². The summed E-state index contributed by atoms with van der Waals surface area (Å²) in [7, 11) is -4.84. The van der Waals surface area contributed by atoms with Gasteiger partial charge in [0.05, 0.1) is 6.10 Å².